The molecule has 1 aliphatic rings. The zero-order valence-corrected chi connectivity index (χ0v) is 7.32. The van der Waals surface area contributed by atoms with E-state index >= 15 is 0 Å². The summed E-state index contributed by atoms with van der Waals surface area (Å²) in [6.45, 7) is 2.09. The maximum atomic E-state index is 5.67. The Labute approximate surface area is 71.8 Å². The van der Waals surface area contributed by atoms with E-state index in [1.807, 2.05) is 4.68 Å². The van der Waals surface area contributed by atoms with Crippen LogP contribution in [-0.2, 0) is 6.42 Å². The number of anilines is 1. The van der Waals surface area contributed by atoms with Gasteiger partial charge in [0.25, 0.3) is 0 Å². The minimum atomic E-state index is 0.574. The van der Waals surface area contributed by atoms with E-state index in [2.05, 4.69) is 17.2 Å². The van der Waals surface area contributed by atoms with Gasteiger partial charge in [0.2, 0.25) is 0 Å². The quantitative estimate of drug-likeness (QED) is 0.717. The second kappa shape index (κ2) is 2.77. The van der Waals surface area contributed by atoms with Gasteiger partial charge in [-0.1, -0.05) is 12.1 Å². The molecule has 1 fully saturated rings. The molecule has 1 aromatic heterocycles. The summed E-state index contributed by atoms with van der Waals surface area (Å²) in [6, 6.07) is 0.574. The Kier molecular flexibility index (Phi) is 1.75. The van der Waals surface area contributed by atoms with Crippen molar-refractivity contribution in [1.82, 2.24) is 15.0 Å². The summed E-state index contributed by atoms with van der Waals surface area (Å²) >= 11 is 0. The molecule has 0 unspecified atom stereocenters. The highest BCUT2D eigenvalue weighted by atomic mass is 15.5. The minimum Gasteiger partial charge on any atom is -0.381 e. The molecule has 0 spiro atoms. The predicted molar refractivity (Wildman–Crippen MR) is 46.7 cm³/mol. The van der Waals surface area contributed by atoms with Gasteiger partial charge in [0.05, 0.1) is 11.7 Å². The highest BCUT2D eigenvalue weighted by Crippen LogP contribution is 2.32. The van der Waals surface area contributed by atoms with Crippen LogP contribution in [0.4, 0.5) is 5.82 Å². The maximum absolute atomic E-state index is 5.67. The van der Waals surface area contributed by atoms with Gasteiger partial charge in [0.1, 0.15) is 0 Å². The molecular formula is C8H14N4. The van der Waals surface area contributed by atoms with E-state index < -0.39 is 0 Å². The second-order valence-electron chi connectivity index (χ2n) is 3.30. The molecule has 0 saturated heterocycles. The normalized spacial score (nSPS) is 17.8. The van der Waals surface area contributed by atoms with Gasteiger partial charge in [0.15, 0.2) is 5.82 Å². The van der Waals surface area contributed by atoms with Crippen LogP contribution in [0.25, 0.3) is 0 Å². The summed E-state index contributed by atoms with van der Waals surface area (Å²) in [5.74, 6) is 0.601. The molecule has 0 radical (unpaired) electrons. The first-order chi connectivity index (χ1) is 5.83. The molecule has 1 saturated carbocycles. The zero-order valence-electron chi connectivity index (χ0n) is 7.32. The predicted octanol–water partition coefficient (Wildman–Crippen LogP) is 1.15. The third-order valence-electron chi connectivity index (χ3n) is 2.58. The second-order valence-corrected chi connectivity index (χ2v) is 3.30. The lowest BCUT2D eigenvalue weighted by molar-refractivity contribution is 0.278. The highest BCUT2D eigenvalue weighted by molar-refractivity contribution is 5.33. The molecule has 0 aliphatic heterocycles. The topological polar surface area (TPSA) is 56.7 Å². The maximum Gasteiger partial charge on any atom is 0.169 e. The molecule has 0 aromatic carbocycles. The van der Waals surface area contributed by atoms with E-state index in [0.29, 0.717) is 11.9 Å². The van der Waals surface area contributed by atoms with Crippen molar-refractivity contribution in [2.24, 2.45) is 0 Å². The zero-order chi connectivity index (χ0) is 8.55. The molecule has 12 heavy (non-hydrogen) atoms. The standard InChI is InChI=1S/C8H14N4/c1-2-7-8(9)10-11-12(7)6-4-3-5-6/h6H,2-5,9H2,1H3. The number of rotatable bonds is 2. The van der Waals surface area contributed by atoms with E-state index in [-0.39, 0.29) is 0 Å². The van der Waals surface area contributed by atoms with Crippen molar-refractivity contribution in [1.29, 1.82) is 0 Å². The van der Waals surface area contributed by atoms with Crippen LogP contribution in [0.2, 0.25) is 0 Å². The average Bonchev–Trinajstić information content (AvgIpc) is 2.29. The van der Waals surface area contributed by atoms with Gasteiger partial charge in [-0.3, -0.25) is 0 Å². The number of hydrogen-bond acceptors (Lipinski definition) is 3. The monoisotopic (exact) mass is 166 g/mol. The fraction of sp³-hybridized carbons (Fsp3) is 0.750. The van der Waals surface area contributed by atoms with Crippen LogP contribution in [0.15, 0.2) is 0 Å². The smallest absolute Gasteiger partial charge is 0.169 e. The van der Waals surface area contributed by atoms with Crippen molar-refractivity contribution in [3.63, 3.8) is 0 Å². The van der Waals surface area contributed by atoms with Crippen molar-refractivity contribution in [3.8, 4) is 0 Å². The lowest BCUT2D eigenvalue weighted by Gasteiger charge is -2.26. The molecule has 2 N–H and O–H groups in total. The van der Waals surface area contributed by atoms with Crippen LogP contribution >= 0.6 is 0 Å². The first-order valence-corrected chi connectivity index (χ1v) is 4.52. The van der Waals surface area contributed by atoms with Crippen molar-refractivity contribution in [2.45, 2.75) is 38.6 Å². The molecule has 0 atom stereocenters. The Hall–Kier alpha value is -1.06. The molecule has 4 heteroatoms. The molecular weight excluding hydrogens is 152 g/mol. The number of aromatic nitrogens is 3. The fourth-order valence-corrected chi connectivity index (χ4v) is 1.59. The number of nitrogens with two attached hydrogens (primary N) is 1. The van der Waals surface area contributed by atoms with Crippen LogP contribution < -0.4 is 5.73 Å². The van der Waals surface area contributed by atoms with E-state index in [0.717, 1.165) is 12.1 Å². The van der Waals surface area contributed by atoms with Gasteiger partial charge in [-0.2, -0.15) is 0 Å². The highest BCUT2D eigenvalue weighted by Gasteiger charge is 2.23. The van der Waals surface area contributed by atoms with Crippen molar-refractivity contribution in [3.05, 3.63) is 5.69 Å². The first kappa shape index (κ1) is 7.58. The van der Waals surface area contributed by atoms with E-state index in [1.165, 1.54) is 19.3 Å². The minimum absolute atomic E-state index is 0.574. The largest absolute Gasteiger partial charge is 0.381 e. The van der Waals surface area contributed by atoms with Gasteiger partial charge < -0.3 is 5.73 Å². The molecule has 1 heterocycles. The summed E-state index contributed by atoms with van der Waals surface area (Å²) in [4.78, 5) is 0. The Morgan fingerprint density at radius 1 is 1.58 bits per heavy atom. The van der Waals surface area contributed by atoms with Crippen molar-refractivity contribution >= 4 is 5.82 Å². The van der Waals surface area contributed by atoms with Crippen LogP contribution in [0.5, 0.6) is 0 Å². The van der Waals surface area contributed by atoms with Crippen LogP contribution in [0, 0.1) is 0 Å². The van der Waals surface area contributed by atoms with Gasteiger partial charge in [-0.15, -0.1) is 5.10 Å². The third-order valence-corrected chi connectivity index (χ3v) is 2.58. The van der Waals surface area contributed by atoms with Gasteiger partial charge in [-0.25, -0.2) is 4.68 Å². The summed E-state index contributed by atoms with van der Waals surface area (Å²) < 4.78 is 2.00. The lowest BCUT2D eigenvalue weighted by Crippen LogP contribution is -2.20. The van der Waals surface area contributed by atoms with Crippen molar-refractivity contribution in [2.75, 3.05) is 5.73 Å². The first-order valence-electron chi connectivity index (χ1n) is 4.52. The molecule has 1 aromatic rings. The number of hydrogen-bond donors (Lipinski definition) is 1. The number of nitrogens with zero attached hydrogens (tertiary/aromatic N) is 3. The van der Waals surface area contributed by atoms with Crippen LogP contribution in [0.1, 0.15) is 37.9 Å². The van der Waals surface area contributed by atoms with Crippen LogP contribution in [-0.4, -0.2) is 15.0 Å². The van der Waals surface area contributed by atoms with Gasteiger partial charge >= 0.3 is 0 Å². The van der Waals surface area contributed by atoms with Crippen LogP contribution in [0.3, 0.4) is 0 Å². The SMILES string of the molecule is CCc1c(N)nnn1C1CCC1. The van der Waals surface area contributed by atoms with Gasteiger partial charge in [-0.05, 0) is 25.7 Å². The van der Waals surface area contributed by atoms with E-state index in [1.54, 1.807) is 0 Å². The molecule has 0 amide bonds. The number of nitrogen functional groups attached to an aromatic ring is 1. The van der Waals surface area contributed by atoms with Crippen molar-refractivity contribution < 1.29 is 0 Å². The molecule has 0 bridgehead atoms. The average molecular weight is 166 g/mol. The molecule has 66 valence electrons. The Morgan fingerprint density at radius 3 is 2.83 bits per heavy atom. The van der Waals surface area contributed by atoms with E-state index in [4.69, 9.17) is 5.73 Å². The van der Waals surface area contributed by atoms with E-state index in [9.17, 15) is 0 Å². The fourth-order valence-electron chi connectivity index (χ4n) is 1.59. The lowest BCUT2D eigenvalue weighted by atomic mass is 9.93. The Bertz CT molecular complexity index is 275. The summed E-state index contributed by atoms with van der Waals surface area (Å²) in [6.07, 6.45) is 4.70. The molecule has 2 rings (SSSR count). The van der Waals surface area contributed by atoms with Gasteiger partial charge in [0, 0.05) is 0 Å². The Balaban J connectivity index is 2.29. The summed E-state index contributed by atoms with van der Waals surface area (Å²) in [5.41, 5.74) is 6.77. The summed E-state index contributed by atoms with van der Waals surface area (Å²) in [7, 11) is 0. The molecule has 1 aliphatic carbocycles. The summed E-state index contributed by atoms with van der Waals surface area (Å²) in [5, 5.41) is 7.93. The Morgan fingerprint density at radius 2 is 2.33 bits per heavy atom. The third kappa shape index (κ3) is 0.983. The molecule has 4 nitrogen and oxygen atoms in total.